The molecule has 2 rings (SSSR count). The highest BCUT2D eigenvalue weighted by Crippen LogP contribution is 2.26. The molecule has 0 saturated carbocycles. The third-order valence-corrected chi connectivity index (χ3v) is 4.20. The number of nitrogens with zero attached hydrogens (tertiary/aromatic N) is 1. The molecule has 21 heavy (non-hydrogen) atoms. The van der Waals surface area contributed by atoms with Gasteiger partial charge in [0, 0.05) is 23.8 Å². The lowest BCUT2D eigenvalue weighted by atomic mass is 10.1. The highest BCUT2D eigenvalue weighted by molar-refractivity contribution is 7.85. The van der Waals surface area contributed by atoms with Gasteiger partial charge in [0.25, 0.3) is 5.71 Å². The molecule has 0 N–H and O–H groups in total. The highest BCUT2D eigenvalue weighted by atomic mass is 32.2. The first-order valence-electron chi connectivity index (χ1n) is 6.65. The summed E-state index contributed by atoms with van der Waals surface area (Å²) in [4.78, 5) is 11.8. The van der Waals surface area contributed by atoms with Gasteiger partial charge in [-0.2, -0.15) is 4.58 Å². The number of rotatable bonds is 6. The molecule has 1 aliphatic rings. The molecule has 0 atom stereocenters. The van der Waals surface area contributed by atoms with Crippen LogP contribution in [0.15, 0.2) is 24.3 Å². The van der Waals surface area contributed by atoms with Crippen LogP contribution >= 0.6 is 0 Å². The second-order valence-electron chi connectivity index (χ2n) is 4.86. The fourth-order valence-corrected chi connectivity index (χ4v) is 3.01. The number of carbonyl (C=O) groups excluding carboxylic acids is 1. The van der Waals surface area contributed by atoms with E-state index in [4.69, 9.17) is 4.74 Å². The Morgan fingerprint density at radius 3 is 2.71 bits per heavy atom. The van der Waals surface area contributed by atoms with Gasteiger partial charge in [-0.3, -0.25) is 0 Å². The normalized spacial score (nSPS) is 14.2. The Bertz CT molecular complexity index is 678. The first-order chi connectivity index (χ1) is 9.92. The summed E-state index contributed by atoms with van der Waals surface area (Å²) in [7, 11) is -2.85. The van der Waals surface area contributed by atoms with Crippen LogP contribution in [-0.2, 0) is 26.1 Å². The first kappa shape index (κ1) is 15.7. The van der Waals surface area contributed by atoms with Gasteiger partial charge in [-0.1, -0.05) is 18.2 Å². The fraction of sp³-hybridized carbons (Fsp3) is 0.429. The van der Waals surface area contributed by atoms with E-state index in [0.717, 1.165) is 11.3 Å². The van der Waals surface area contributed by atoms with Crippen molar-refractivity contribution in [3.05, 3.63) is 29.8 Å². The van der Waals surface area contributed by atoms with Crippen molar-refractivity contribution in [3.63, 3.8) is 0 Å². The average Bonchev–Trinajstić information content (AvgIpc) is 2.80. The zero-order valence-corrected chi connectivity index (χ0v) is 12.6. The smallest absolute Gasteiger partial charge is 0.399 e. The van der Waals surface area contributed by atoms with Crippen LogP contribution < -0.4 is 0 Å². The lowest BCUT2D eigenvalue weighted by Crippen LogP contribution is -2.25. The Labute approximate surface area is 123 Å². The number of para-hydroxylation sites is 1. The molecular formula is C14H17NO5S. The predicted octanol–water partition coefficient (Wildman–Crippen LogP) is 0.826. The van der Waals surface area contributed by atoms with E-state index in [1.54, 1.807) is 0 Å². The summed E-state index contributed by atoms with van der Waals surface area (Å²) in [6.07, 6.45) is 1.29. The van der Waals surface area contributed by atoms with E-state index in [1.807, 2.05) is 28.8 Å². The molecule has 0 saturated heterocycles. The Kier molecular flexibility index (Phi) is 4.74. The van der Waals surface area contributed by atoms with Gasteiger partial charge in [-0.15, -0.1) is 0 Å². The molecule has 1 aliphatic heterocycles. The molecular weight excluding hydrogens is 294 g/mol. The lowest BCUT2D eigenvalue weighted by Gasteiger charge is -2.06. The molecule has 6 nitrogen and oxygen atoms in total. The first-order valence-corrected chi connectivity index (χ1v) is 8.23. The van der Waals surface area contributed by atoms with Crippen LogP contribution in [0.5, 0.6) is 0 Å². The monoisotopic (exact) mass is 311 g/mol. The molecule has 7 heteroatoms. The Morgan fingerprint density at radius 1 is 1.33 bits per heavy atom. The van der Waals surface area contributed by atoms with Crippen molar-refractivity contribution in [1.82, 2.24) is 0 Å². The Morgan fingerprint density at radius 2 is 2.05 bits per heavy atom. The van der Waals surface area contributed by atoms with E-state index in [0.29, 0.717) is 25.1 Å². The van der Waals surface area contributed by atoms with Gasteiger partial charge in [0.1, 0.15) is 6.54 Å². The van der Waals surface area contributed by atoms with Crippen LogP contribution in [0.3, 0.4) is 0 Å². The van der Waals surface area contributed by atoms with E-state index < -0.39 is 10.1 Å². The van der Waals surface area contributed by atoms with Gasteiger partial charge in [0.15, 0.2) is 0 Å². The van der Waals surface area contributed by atoms with Crippen LogP contribution in [0, 0.1) is 0 Å². The van der Waals surface area contributed by atoms with E-state index in [9.17, 15) is 17.8 Å². The molecule has 0 spiro atoms. The molecule has 0 aromatic heterocycles. The van der Waals surface area contributed by atoms with Crippen molar-refractivity contribution in [1.29, 1.82) is 0 Å². The van der Waals surface area contributed by atoms with Crippen LogP contribution in [0.2, 0.25) is 0 Å². The van der Waals surface area contributed by atoms with Crippen molar-refractivity contribution in [3.8, 4) is 0 Å². The molecule has 0 unspecified atom stereocenters. The van der Waals surface area contributed by atoms with Gasteiger partial charge >= 0.3 is 5.97 Å². The molecule has 1 aromatic carbocycles. The maximum absolute atomic E-state index is 11.8. The molecule has 0 fully saturated rings. The third kappa shape index (κ3) is 3.89. The summed E-state index contributed by atoms with van der Waals surface area (Å²) in [5, 5.41) is 0. The summed E-state index contributed by atoms with van der Waals surface area (Å²) in [5.41, 5.74) is 2.51. The van der Waals surface area contributed by atoms with E-state index >= 15 is 0 Å². The van der Waals surface area contributed by atoms with Gasteiger partial charge in [0.2, 0.25) is 5.69 Å². The van der Waals surface area contributed by atoms with Crippen molar-refractivity contribution < 1.29 is 27.1 Å². The van der Waals surface area contributed by atoms with Gasteiger partial charge in [0.05, 0.1) is 23.6 Å². The van der Waals surface area contributed by atoms with Gasteiger partial charge in [-0.05, 0) is 6.42 Å². The molecule has 114 valence electrons. The summed E-state index contributed by atoms with van der Waals surface area (Å²) in [6.45, 7) is 0.483. The van der Waals surface area contributed by atoms with Crippen molar-refractivity contribution in [2.75, 3.05) is 19.4 Å². The Hall–Kier alpha value is -1.73. The second-order valence-corrected chi connectivity index (χ2v) is 6.39. The van der Waals surface area contributed by atoms with Gasteiger partial charge < -0.3 is 9.29 Å². The molecule has 1 aromatic rings. The van der Waals surface area contributed by atoms with Crippen LogP contribution in [0.1, 0.15) is 18.4 Å². The number of esters is 1. The molecule has 0 aliphatic carbocycles. The average molecular weight is 311 g/mol. The lowest BCUT2D eigenvalue weighted by molar-refractivity contribution is -0.438. The number of fused-ring (bicyclic) bond motifs is 1. The van der Waals surface area contributed by atoms with Crippen LogP contribution in [0.25, 0.3) is 0 Å². The quantitative estimate of drug-likeness (QED) is 0.336. The van der Waals surface area contributed by atoms with Crippen molar-refractivity contribution in [2.24, 2.45) is 0 Å². The zero-order chi connectivity index (χ0) is 15.5. The topological polar surface area (TPSA) is 86.5 Å². The number of benzene rings is 1. The van der Waals surface area contributed by atoms with E-state index in [1.165, 1.54) is 7.11 Å². The van der Waals surface area contributed by atoms with E-state index in [2.05, 4.69) is 0 Å². The predicted molar refractivity (Wildman–Crippen MR) is 75.8 cm³/mol. The number of carbonyl (C=O) groups is 1. The van der Waals surface area contributed by atoms with Crippen molar-refractivity contribution >= 4 is 27.5 Å². The molecule has 0 amide bonds. The van der Waals surface area contributed by atoms with Crippen LogP contribution in [0.4, 0.5) is 5.69 Å². The third-order valence-electron chi connectivity index (χ3n) is 3.41. The molecule has 0 radical (unpaired) electrons. The number of hydrogen-bond acceptors (Lipinski definition) is 5. The standard InChI is InChI=1S/C14H17NO5S/c1-20-14(16)13-10-11-6-2-3-7-12(11)15(13)8-4-5-9-21(17,18)19/h2-3,6-7H,4-5,8-10H2,1H3. The molecule has 0 bridgehead atoms. The maximum atomic E-state index is 11.8. The summed E-state index contributed by atoms with van der Waals surface area (Å²) in [6, 6.07) is 7.64. The summed E-state index contributed by atoms with van der Waals surface area (Å²) < 4.78 is 38.4. The van der Waals surface area contributed by atoms with Crippen molar-refractivity contribution in [2.45, 2.75) is 19.3 Å². The van der Waals surface area contributed by atoms with Gasteiger partial charge in [-0.25, -0.2) is 13.2 Å². The minimum absolute atomic E-state index is 0.277. The summed E-state index contributed by atoms with van der Waals surface area (Å²) in [5.74, 6) is -0.765. The molecule has 1 heterocycles. The zero-order valence-electron chi connectivity index (χ0n) is 11.7. The number of unbranched alkanes of at least 4 members (excludes halogenated alkanes) is 1. The number of hydrogen-bond donors (Lipinski definition) is 0. The minimum Gasteiger partial charge on any atom is -0.748 e. The maximum Gasteiger partial charge on any atom is 0.399 e. The number of methoxy groups -OCH3 is 1. The SMILES string of the molecule is COC(=O)C1=[N+](CCCCS(=O)(=O)[O-])c2ccccc2C1. The van der Waals surface area contributed by atoms with E-state index in [-0.39, 0.29) is 18.1 Å². The fourth-order valence-electron chi connectivity index (χ4n) is 2.45. The second kappa shape index (κ2) is 6.36. The number of ether oxygens (including phenoxy) is 1. The summed E-state index contributed by atoms with van der Waals surface area (Å²) >= 11 is 0. The highest BCUT2D eigenvalue weighted by Gasteiger charge is 2.34. The minimum atomic E-state index is -4.18. The van der Waals surface area contributed by atoms with Crippen LogP contribution in [-0.4, -0.2) is 48.6 Å². The largest absolute Gasteiger partial charge is 0.748 e. The Balaban J connectivity index is 2.13.